The molecule has 0 N–H and O–H groups in total. The van der Waals surface area contributed by atoms with Gasteiger partial charge in [0.1, 0.15) is 0 Å². The SMILES string of the molecule is C=C(C)CN1C(=O)[C@@H](OCc2ccccc2)[C@H]1C(C)(C)C. The number of amides is 1. The first-order chi connectivity index (χ1) is 9.80. The van der Waals surface area contributed by atoms with E-state index in [-0.39, 0.29) is 23.5 Å². The number of carbonyl (C=O) groups excluding carboxylic acids is 1. The van der Waals surface area contributed by atoms with Crippen LogP contribution in [0.4, 0.5) is 0 Å². The number of β-lactam (4-membered cyclic amide) rings is 1. The monoisotopic (exact) mass is 287 g/mol. The number of likely N-dealkylation sites (tertiary alicyclic amines) is 1. The summed E-state index contributed by atoms with van der Waals surface area (Å²) in [6, 6.07) is 10.1. The summed E-state index contributed by atoms with van der Waals surface area (Å²) >= 11 is 0. The van der Waals surface area contributed by atoms with Crippen molar-refractivity contribution in [3.8, 4) is 0 Å². The largest absolute Gasteiger partial charge is 0.361 e. The lowest BCUT2D eigenvalue weighted by Gasteiger charge is -2.52. The van der Waals surface area contributed by atoms with E-state index >= 15 is 0 Å². The van der Waals surface area contributed by atoms with Crippen molar-refractivity contribution in [2.45, 2.75) is 46.4 Å². The van der Waals surface area contributed by atoms with E-state index in [1.165, 1.54) is 0 Å². The van der Waals surface area contributed by atoms with Gasteiger partial charge in [-0.3, -0.25) is 4.79 Å². The minimum Gasteiger partial charge on any atom is -0.361 e. The summed E-state index contributed by atoms with van der Waals surface area (Å²) in [4.78, 5) is 14.2. The molecule has 1 aliphatic heterocycles. The van der Waals surface area contributed by atoms with E-state index < -0.39 is 0 Å². The summed E-state index contributed by atoms with van der Waals surface area (Å²) < 4.78 is 5.91. The Morgan fingerprint density at radius 3 is 2.43 bits per heavy atom. The van der Waals surface area contributed by atoms with Gasteiger partial charge < -0.3 is 9.64 Å². The number of ether oxygens (including phenoxy) is 1. The molecule has 1 aliphatic rings. The zero-order valence-electron chi connectivity index (χ0n) is 13.4. The van der Waals surface area contributed by atoms with Gasteiger partial charge in [0.05, 0.1) is 12.6 Å². The number of hydrogen-bond donors (Lipinski definition) is 0. The Morgan fingerprint density at radius 1 is 1.29 bits per heavy atom. The van der Waals surface area contributed by atoms with Gasteiger partial charge in [0.15, 0.2) is 6.10 Å². The van der Waals surface area contributed by atoms with Crippen LogP contribution in [-0.2, 0) is 16.1 Å². The molecular formula is C18H25NO2. The van der Waals surface area contributed by atoms with Crippen LogP contribution in [0.15, 0.2) is 42.5 Å². The van der Waals surface area contributed by atoms with Crippen LogP contribution >= 0.6 is 0 Å². The van der Waals surface area contributed by atoms with Gasteiger partial charge in [0, 0.05) is 6.54 Å². The van der Waals surface area contributed by atoms with Crippen LogP contribution in [0.2, 0.25) is 0 Å². The van der Waals surface area contributed by atoms with Crippen molar-refractivity contribution in [3.05, 3.63) is 48.0 Å². The molecule has 1 aromatic carbocycles. The summed E-state index contributed by atoms with van der Waals surface area (Å²) in [6.45, 7) is 13.4. The van der Waals surface area contributed by atoms with Crippen molar-refractivity contribution in [2.24, 2.45) is 5.41 Å². The maximum Gasteiger partial charge on any atom is 0.254 e. The van der Waals surface area contributed by atoms with Gasteiger partial charge in [0.25, 0.3) is 5.91 Å². The van der Waals surface area contributed by atoms with E-state index in [1.807, 2.05) is 42.2 Å². The quantitative estimate of drug-likeness (QED) is 0.613. The fraction of sp³-hybridized carbons (Fsp3) is 0.500. The highest BCUT2D eigenvalue weighted by Crippen LogP contribution is 2.37. The second-order valence-electron chi connectivity index (χ2n) is 6.95. The second kappa shape index (κ2) is 6.02. The second-order valence-corrected chi connectivity index (χ2v) is 6.95. The van der Waals surface area contributed by atoms with Gasteiger partial charge in [-0.15, -0.1) is 0 Å². The van der Waals surface area contributed by atoms with Gasteiger partial charge in [-0.2, -0.15) is 0 Å². The molecule has 0 aliphatic carbocycles. The van der Waals surface area contributed by atoms with Crippen LogP contribution in [0, 0.1) is 5.41 Å². The summed E-state index contributed by atoms with van der Waals surface area (Å²) in [5, 5.41) is 0. The number of rotatable bonds is 5. The zero-order valence-corrected chi connectivity index (χ0v) is 13.4. The van der Waals surface area contributed by atoms with Gasteiger partial charge in [-0.1, -0.05) is 63.3 Å². The lowest BCUT2D eigenvalue weighted by molar-refractivity contribution is -0.185. The van der Waals surface area contributed by atoms with Crippen LogP contribution < -0.4 is 0 Å². The first kappa shape index (κ1) is 15.8. The molecule has 1 amide bonds. The van der Waals surface area contributed by atoms with Crippen molar-refractivity contribution in [2.75, 3.05) is 6.54 Å². The Balaban J connectivity index is 2.04. The van der Waals surface area contributed by atoms with Crippen molar-refractivity contribution in [1.29, 1.82) is 0 Å². The van der Waals surface area contributed by atoms with Gasteiger partial charge in [0.2, 0.25) is 0 Å². The zero-order chi connectivity index (χ0) is 15.6. The molecule has 21 heavy (non-hydrogen) atoms. The lowest BCUT2D eigenvalue weighted by Crippen LogP contribution is -2.70. The van der Waals surface area contributed by atoms with E-state index in [2.05, 4.69) is 27.4 Å². The molecule has 0 saturated carbocycles. The summed E-state index contributed by atoms with van der Waals surface area (Å²) in [5.74, 6) is 0.0776. The molecule has 3 heteroatoms. The predicted molar refractivity (Wildman–Crippen MR) is 84.8 cm³/mol. The predicted octanol–water partition coefficient (Wildman–Crippen LogP) is 3.40. The average Bonchev–Trinajstić information content (AvgIpc) is 2.40. The highest BCUT2D eigenvalue weighted by molar-refractivity contribution is 5.89. The first-order valence-electron chi connectivity index (χ1n) is 7.41. The molecule has 1 aromatic rings. The fourth-order valence-corrected chi connectivity index (χ4v) is 2.83. The Kier molecular flexibility index (Phi) is 4.52. The van der Waals surface area contributed by atoms with Crippen LogP contribution in [0.1, 0.15) is 33.3 Å². The van der Waals surface area contributed by atoms with E-state index in [4.69, 9.17) is 4.74 Å². The molecule has 114 valence electrons. The highest BCUT2D eigenvalue weighted by Gasteiger charge is 2.53. The smallest absolute Gasteiger partial charge is 0.254 e. The third-order valence-electron chi connectivity index (χ3n) is 3.75. The molecule has 2 rings (SSSR count). The Labute approximate surface area is 127 Å². The van der Waals surface area contributed by atoms with Gasteiger partial charge >= 0.3 is 0 Å². The van der Waals surface area contributed by atoms with E-state index in [1.54, 1.807) is 0 Å². The van der Waals surface area contributed by atoms with Gasteiger partial charge in [-0.25, -0.2) is 0 Å². The van der Waals surface area contributed by atoms with Crippen molar-refractivity contribution < 1.29 is 9.53 Å². The first-order valence-corrected chi connectivity index (χ1v) is 7.41. The Bertz CT molecular complexity index is 516. The molecular weight excluding hydrogens is 262 g/mol. The minimum absolute atomic E-state index is 0.00921. The van der Waals surface area contributed by atoms with E-state index in [0.29, 0.717) is 13.2 Å². The van der Waals surface area contributed by atoms with E-state index in [9.17, 15) is 4.79 Å². The minimum atomic E-state index is -0.343. The van der Waals surface area contributed by atoms with Crippen LogP contribution in [0.3, 0.4) is 0 Å². The Hall–Kier alpha value is -1.61. The molecule has 0 unspecified atom stereocenters. The Morgan fingerprint density at radius 2 is 1.90 bits per heavy atom. The number of hydrogen-bond acceptors (Lipinski definition) is 2. The normalized spacial score (nSPS) is 22.1. The summed E-state index contributed by atoms with van der Waals surface area (Å²) in [5.41, 5.74) is 2.08. The van der Waals surface area contributed by atoms with Crippen LogP contribution in [0.5, 0.6) is 0 Å². The lowest BCUT2D eigenvalue weighted by atomic mass is 9.76. The number of benzene rings is 1. The number of nitrogens with zero attached hydrogens (tertiary/aromatic N) is 1. The van der Waals surface area contributed by atoms with Crippen LogP contribution in [-0.4, -0.2) is 29.5 Å². The number of carbonyl (C=O) groups is 1. The van der Waals surface area contributed by atoms with Crippen molar-refractivity contribution in [1.82, 2.24) is 4.90 Å². The molecule has 1 heterocycles. The molecule has 3 nitrogen and oxygen atoms in total. The summed E-state index contributed by atoms with van der Waals surface area (Å²) in [6.07, 6.45) is -0.343. The van der Waals surface area contributed by atoms with E-state index in [0.717, 1.165) is 11.1 Å². The maximum absolute atomic E-state index is 12.3. The summed E-state index contributed by atoms with van der Waals surface area (Å²) in [7, 11) is 0. The molecule has 0 spiro atoms. The maximum atomic E-state index is 12.3. The van der Waals surface area contributed by atoms with Crippen molar-refractivity contribution in [3.63, 3.8) is 0 Å². The standard InChI is InChI=1S/C18H25NO2/c1-13(2)11-19-16(18(3,4)5)15(17(19)20)21-12-14-9-7-6-8-10-14/h6-10,15-16H,1,11-12H2,2-5H3/t15-,16-/m0/s1. The highest BCUT2D eigenvalue weighted by atomic mass is 16.5. The third-order valence-corrected chi connectivity index (χ3v) is 3.75. The fourth-order valence-electron chi connectivity index (χ4n) is 2.83. The molecule has 1 saturated heterocycles. The van der Waals surface area contributed by atoms with Crippen LogP contribution in [0.25, 0.3) is 0 Å². The molecule has 0 bridgehead atoms. The molecule has 2 atom stereocenters. The average molecular weight is 287 g/mol. The topological polar surface area (TPSA) is 29.5 Å². The molecule has 0 radical (unpaired) electrons. The van der Waals surface area contributed by atoms with Crippen molar-refractivity contribution >= 4 is 5.91 Å². The molecule has 0 aromatic heterocycles. The molecule has 1 fully saturated rings. The third kappa shape index (κ3) is 3.53. The van der Waals surface area contributed by atoms with Gasteiger partial charge in [-0.05, 0) is 17.9 Å².